The number of Topliss-reactive ketones (excluding diaryl/α,β-unsaturated/α-hetero) is 1. The molecule has 2 heterocycles. The van der Waals surface area contributed by atoms with Crippen molar-refractivity contribution in [3.8, 4) is 11.5 Å². The zero-order valence-corrected chi connectivity index (χ0v) is 19.4. The minimum Gasteiger partial charge on any atom is -0.493 e. The van der Waals surface area contributed by atoms with Crippen LogP contribution in [0.15, 0.2) is 52.9 Å². The molecule has 158 valence electrons. The monoisotopic (exact) mass is 490 g/mol. The normalized spacial score (nSPS) is 17.4. The second-order valence-electron chi connectivity index (χ2n) is 6.59. The Morgan fingerprint density at radius 1 is 1.16 bits per heavy atom. The Hall–Kier alpha value is -2.32. The van der Waals surface area contributed by atoms with Gasteiger partial charge in [0.1, 0.15) is 17.5 Å². The molecule has 0 radical (unpaired) electrons. The molecule has 1 atom stereocenters. The number of aromatic nitrogens is 1. The van der Waals surface area contributed by atoms with Gasteiger partial charge in [-0.05, 0) is 41.5 Å². The van der Waals surface area contributed by atoms with Crippen molar-refractivity contribution in [2.45, 2.75) is 12.5 Å². The van der Waals surface area contributed by atoms with Crippen LogP contribution in [0, 0.1) is 5.41 Å². The summed E-state index contributed by atoms with van der Waals surface area (Å²) in [5.41, 5.74) is 1.66. The summed E-state index contributed by atoms with van der Waals surface area (Å²) < 4.78 is 11.3. The van der Waals surface area contributed by atoms with E-state index in [2.05, 4.69) is 4.98 Å². The highest BCUT2D eigenvalue weighted by Crippen LogP contribution is 2.41. The Morgan fingerprint density at radius 2 is 2.00 bits per heavy atom. The zero-order chi connectivity index (χ0) is 22.0. The Kier molecular flexibility index (Phi) is 6.67. The van der Waals surface area contributed by atoms with E-state index in [1.807, 2.05) is 17.5 Å². The number of carbonyl (C=O) groups is 1. The summed E-state index contributed by atoms with van der Waals surface area (Å²) in [5.74, 6) is 0.391. The van der Waals surface area contributed by atoms with Crippen LogP contribution in [0.5, 0.6) is 11.5 Å². The molecule has 0 spiro atoms. The van der Waals surface area contributed by atoms with Crippen LogP contribution in [0.4, 0.5) is 0 Å². The third kappa shape index (κ3) is 4.80. The van der Waals surface area contributed by atoms with E-state index in [-0.39, 0.29) is 5.78 Å². The zero-order valence-electron chi connectivity index (χ0n) is 16.2. The number of hydrogen-bond acceptors (Lipinski definition) is 7. The lowest BCUT2D eigenvalue weighted by atomic mass is 10.0. The second kappa shape index (κ2) is 9.44. The van der Waals surface area contributed by atoms with Gasteiger partial charge in [0.05, 0.1) is 27.1 Å². The Labute approximate surface area is 197 Å². The van der Waals surface area contributed by atoms with Crippen molar-refractivity contribution in [1.82, 2.24) is 4.98 Å². The van der Waals surface area contributed by atoms with Crippen molar-refractivity contribution < 1.29 is 14.3 Å². The Morgan fingerprint density at radius 3 is 2.71 bits per heavy atom. The maximum absolute atomic E-state index is 12.8. The van der Waals surface area contributed by atoms with Gasteiger partial charge >= 0.3 is 0 Å². The number of nitrogens with one attached hydrogen (secondary N) is 1. The molecule has 1 fully saturated rings. The van der Waals surface area contributed by atoms with Crippen molar-refractivity contribution in [1.29, 1.82) is 5.41 Å². The predicted octanol–water partition coefficient (Wildman–Crippen LogP) is 6.46. The van der Waals surface area contributed by atoms with E-state index in [0.29, 0.717) is 43.1 Å². The summed E-state index contributed by atoms with van der Waals surface area (Å²) in [7, 11) is 1.56. The fourth-order valence-corrected chi connectivity index (χ4v) is 5.15. The van der Waals surface area contributed by atoms with Crippen LogP contribution in [0.3, 0.4) is 0 Å². The number of halogens is 2. The first kappa shape index (κ1) is 21.9. The molecular formula is C22H16Cl2N2O3S2. The SMILES string of the molecule is COc1cc(/C=C2\SC(=N)[C@@H](c3nccs3)C2=O)ccc1OCc1ccc(Cl)c(Cl)c1. The van der Waals surface area contributed by atoms with Crippen LogP contribution >= 0.6 is 46.3 Å². The molecule has 4 rings (SSSR count). The van der Waals surface area contributed by atoms with Crippen LogP contribution in [0.2, 0.25) is 10.0 Å². The molecule has 1 N–H and O–H groups in total. The number of carbonyl (C=O) groups excluding carboxylic acids is 1. The molecule has 1 saturated heterocycles. The lowest BCUT2D eigenvalue weighted by Gasteiger charge is -2.12. The van der Waals surface area contributed by atoms with Crippen molar-refractivity contribution in [3.05, 3.63) is 79.1 Å². The molecule has 0 saturated carbocycles. The van der Waals surface area contributed by atoms with Crippen LogP contribution in [-0.2, 0) is 11.4 Å². The molecule has 0 amide bonds. The van der Waals surface area contributed by atoms with Crippen LogP contribution in [-0.4, -0.2) is 22.9 Å². The average molecular weight is 491 g/mol. The van der Waals surface area contributed by atoms with Crippen molar-refractivity contribution in [3.63, 3.8) is 0 Å². The highest BCUT2D eigenvalue weighted by atomic mass is 35.5. The van der Waals surface area contributed by atoms with E-state index in [0.717, 1.165) is 11.1 Å². The number of hydrogen-bond donors (Lipinski definition) is 1. The summed E-state index contributed by atoms with van der Waals surface area (Å²) in [6, 6.07) is 10.7. The number of ether oxygens (including phenoxy) is 2. The number of rotatable bonds is 6. The Bertz CT molecular complexity index is 1180. The van der Waals surface area contributed by atoms with Gasteiger partial charge < -0.3 is 9.47 Å². The lowest BCUT2D eigenvalue weighted by Crippen LogP contribution is -2.11. The van der Waals surface area contributed by atoms with Crippen molar-refractivity contribution in [2.24, 2.45) is 0 Å². The van der Waals surface area contributed by atoms with E-state index in [4.69, 9.17) is 38.1 Å². The highest BCUT2D eigenvalue weighted by molar-refractivity contribution is 8.19. The number of nitrogens with zero attached hydrogens (tertiary/aromatic N) is 1. The second-order valence-corrected chi connectivity index (χ2v) is 9.41. The molecule has 0 bridgehead atoms. The molecule has 1 aromatic heterocycles. The highest BCUT2D eigenvalue weighted by Gasteiger charge is 2.38. The first-order valence-corrected chi connectivity index (χ1v) is 11.6. The summed E-state index contributed by atoms with van der Waals surface area (Å²) in [6.45, 7) is 0.300. The van der Waals surface area contributed by atoms with E-state index in [1.165, 1.54) is 23.1 Å². The van der Waals surface area contributed by atoms with E-state index in [9.17, 15) is 4.79 Å². The maximum atomic E-state index is 12.8. The molecule has 0 unspecified atom stereocenters. The molecule has 31 heavy (non-hydrogen) atoms. The topological polar surface area (TPSA) is 72.3 Å². The van der Waals surface area contributed by atoms with Gasteiger partial charge in [0, 0.05) is 11.6 Å². The third-order valence-corrected chi connectivity index (χ3v) is 7.12. The van der Waals surface area contributed by atoms with Gasteiger partial charge in [-0.3, -0.25) is 10.2 Å². The molecule has 5 nitrogen and oxygen atoms in total. The standard InChI is InChI=1S/C22H16Cl2N2O3S2/c1-28-17-9-12(3-5-16(17)29-11-13-2-4-14(23)15(24)8-13)10-18-20(27)19(21(25)31-18)22-26-6-7-30-22/h2-10,19,25H,11H2,1H3/b18-10-,25-21?/t19-/m0/s1. The molecule has 1 aliphatic rings. The molecule has 2 aromatic carbocycles. The molecule has 0 aliphatic carbocycles. The summed E-state index contributed by atoms with van der Waals surface area (Å²) >= 11 is 14.6. The van der Waals surface area contributed by atoms with Gasteiger partial charge in [0.25, 0.3) is 0 Å². The van der Waals surface area contributed by atoms with Gasteiger partial charge in [-0.25, -0.2) is 4.98 Å². The average Bonchev–Trinajstić information content (AvgIpc) is 3.37. The number of methoxy groups -OCH3 is 1. The summed E-state index contributed by atoms with van der Waals surface area (Å²) in [6.07, 6.45) is 3.41. The number of benzene rings is 2. The van der Waals surface area contributed by atoms with Crippen LogP contribution in [0.1, 0.15) is 22.1 Å². The summed E-state index contributed by atoms with van der Waals surface area (Å²) in [5, 5.41) is 11.9. The first-order valence-electron chi connectivity index (χ1n) is 9.12. The number of ketones is 1. The minimum absolute atomic E-state index is 0.108. The van der Waals surface area contributed by atoms with Gasteiger partial charge in [-0.2, -0.15) is 0 Å². The number of allylic oxidation sites excluding steroid dienone is 1. The quantitative estimate of drug-likeness (QED) is 0.401. The van der Waals surface area contributed by atoms with Crippen molar-refractivity contribution >= 4 is 63.2 Å². The van der Waals surface area contributed by atoms with Gasteiger partial charge in [0.2, 0.25) is 0 Å². The minimum atomic E-state index is -0.605. The van der Waals surface area contributed by atoms with Crippen LogP contribution in [0.25, 0.3) is 6.08 Å². The predicted molar refractivity (Wildman–Crippen MR) is 127 cm³/mol. The Balaban J connectivity index is 1.52. The molecular weight excluding hydrogens is 475 g/mol. The van der Waals surface area contributed by atoms with E-state index < -0.39 is 5.92 Å². The number of thioether (sulfide) groups is 1. The van der Waals surface area contributed by atoms with Gasteiger partial charge in [-0.15, -0.1) is 11.3 Å². The lowest BCUT2D eigenvalue weighted by molar-refractivity contribution is -0.114. The molecule has 1 aliphatic heterocycles. The van der Waals surface area contributed by atoms with E-state index in [1.54, 1.807) is 43.6 Å². The molecule has 9 heteroatoms. The van der Waals surface area contributed by atoms with Gasteiger partial charge in [0.15, 0.2) is 17.3 Å². The fourth-order valence-electron chi connectivity index (χ4n) is 3.03. The molecule has 3 aromatic rings. The fraction of sp³-hybridized carbons (Fsp3) is 0.136. The van der Waals surface area contributed by atoms with E-state index >= 15 is 0 Å². The largest absolute Gasteiger partial charge is 0.493 e. The maximum Gasteiger partial charge on any atom is 0.186 e. The first-order chi connectivity index (χ1) is 15.0. The third-order valence-electron chi connectivity index (χ3n) is 4.55. The smallest absolute Gasteiger partial charge is 0.186 e. The number of thiazole rings is 1. The van der Waals surface area contributed by atoms with Gasteiger partial charge in [-0.1, -0.05) is 47.1 Å². The van der Waals surface area contributed by atoms with Crippen LogP contribution < -0.4 is 9.47 Å². The summed E-state index contributed by atoms with van der Waals surface area (Å²) in [4.78, 5) is 17.5. The van der Waals surface area contributed by atoms with Crippen molar-refractivity contribution in [2.75, 3.05) is 7.11 Å².